The van der Waals surface area contributed by atoms with Crippen molar-refractivity contribution in [2.24, 2.45) is 0 Å². The van der Waals surface area contributed by atoms with Gasteiger partial charge in [-0.2, -0.15) is 0 Å². The minimum absolute atomic E-state index is 0.549. The van der Waals surface area contributed by atoms with Crippen LogP contribution < -0.4 is 5.73 Å². The van der Waals surface area contributed by atoms with Crippen molar-refractivity contribution in [2.45, 2.75) is 19.8 Å². The van der Waals surface area contributed by atoms with Crippen molar-refractivity contribution in [3.8, 4) is 0 Å². The Balaban J connectivity index is 1.76. The molecule has 0 radical (unpaired) electrons. The Kier molecular flexibility index (Phi) is 2.91. The molecule has 4 nitrogen and oxygen atoms in total. The van der Waals surface area contributed by atoms with Crippen LogP contribution in [0.25, 0.3) is 11.2 Å². The summed E-state index contributed by atoms with van der Waals surface area (Å²) in [6, 6.07) is 10.3. The molecule has 2 N–H and O–H groups in total. The summed E-state index contributed by atoms with van der Waals surface area (Å²) in [5, 5.41) is 0. The fourth-order valence-electron chi connectivity index (χ4n) is 2.00. The van der Waals surface area contributed by atoms with Gasteiger partial charge in [0.15, 0.2) is 5.89 Å². The van der Waals surface area contributed by atoms with Crippen molar-refractivity contribution < 1.29 is 4.42 Å². The molecule has 0 saturated carbocycles. The third-order valence-electron chi connectivity index (χ3n) is 3.06. The number of nitrogens with two attached hydrogens (primary N) is 1. The molecule has 2 heterocycles. The van der Waals surface area contributed by atoms with Gasteiger partial charge < -0.3 is 10.2 Å². The molecular formula is C15H15N3O. The number of nitrogen functional groups attached to an aromatic ring is 1. The maximum Gasteiger partial charge on any atom is 0.247 e. The van der Waals surface area contributed by atoms with E-state index in [0.29, 0.717) is 17.3 Å². The maximum absolute atomic E-state index is 5.67. The van der Waals surface area contributed by atoms with Gasteiger partial charge in [0.25, 0.3) is 0 Å². The molecule has 3 rings (SSSR count). The van der Waals surface area contributed by atoms with Crippen molar-refractivity contribution in [1.29, 1.82) is 0 Å². The number of oxazole rings is 1. The molecule has 19 heavy (non-hydrogen) atoms. The molecular weight excluding hydrogens is 238 g/mol. The van der Waals surface area contributed by atoms with Crippen LogP contribution in [0.15, 0.2) is 40.9 Å². The smallest absolute Gasteiger partial charge is 0.247 e. The second-order valence-electron chi connectivity index (χ2n) is 4.69. The lowest BCUT2D eigenvalue weighted by atomic mass is 10.1. The molecule has 3 aromatic rings. The van der Waals surface area contributed by atoms with Crippen molar-refractivity contribution >= 4 is 16.9 Å². The summed E-state index contributed by atoms with van der Waals surface area (Å²) in [5.74, 6) is 0.702. The lowest BCUT2D eigenvalue weighted by Gasteiger charge is -1.99. The highest BCUT2D eigenvalue weighted by Crippen LogP contribution is 2.17. The number of nitrogens with zero attached hydrogens (tertiary/aromatic N) is 2. The van der Waals surface area contributed by atoms with Crippen LogP contribution in [-0.4, -0.2) is 9.97 Å². The molecule has 0 amide bonds. The summed E-state index contributed by atoms with van der Waals surface area (Å²) in [7, 11) is 0. The predicted molar refractivity (Wildman–Crippen MR) is 74.8 cm³/mol. The standard InChI is InChI=1S/C15H15N3O/c1-10-2-4-11(5-3-10)6-7-14-18-13-8-12(16)9-17-15(13)19-14/h2-5,8-9H,6-7,16H2,1H3. The van der Waals surface area contributed by atoms with E-state index in [-0.39, 0.29) is 0 Å². The summed E-state index contributed by atoms with van der Waals surface area (Å²) in [5.41, 5.74) is 10.1. The summed E-state index contributed by atoms with van der Waals surface area (Å²) < 4.78 is 5.59. The Bertz CT molecular complexity index is 701. The van der Waals surface area contributed by atoms with Gasteiger partial charge in [-0.15, -0.1) is 0 Å². The molecule has 0 atom stereocenters. The largest absolute Gasteiger partial charge is 0.422 e. The molecule has 0 unspecified atom stereocenters. The van der Waals surface area contributed by atoms with E-state index in [4.69, 9.17) is 10.2 Å². The quantitative estimate of drug-likeness (QED) is 0.779. The third-order valence-corrected chi connectivity index (χ3v) is 3.06. The van der Waals surface area contributed by atoms with Crippen LogP contribution in [0.4, 0.5) is 5.69 Å². The molecule has 96 valence electrons. The number of aromatic nitrogens is 2. The minimum atomic E-state index is 0.549. The molecule has 0 saturated heterocycles. The van der Waals surface area contributed by atoms with Crippen LogP contribution in [0, 0.1) is 6.92 Å². The molecule has 0 bridgehead atoms. The first-order valence-electron chi connectivity index (χ1n) is 6.27. The van der Waals surface area contributed by atoms with Gasteiger partial charge in [0.1, 0.15) is 5.52 Å². The van der Waals surface area contributed by atoms with E-state index in [1.54, 1.807) is 12.3 Å². The fourth-order valence-corrected chi connectivity index (χ4v) is 2.00. The van der Waals surface area contributed by atoms with Crippen LogP contribution in [-0.2, 0) is 12.8 Å². The number of anilines is 1. The highest BCUT2D eigenvalue weighted by molar-refractivity contribution is 5.71. The Morgan fingerprint density at radius 1 is 1.16 bits per heavy atom. The van der Waals surface area contributed by atoms with Gasteiger partial charge in [-0.3, -0.25) is 0 Å². The third kappa shape index (κ3) is 2.57. The van der Waals surface area contributed by atoms with Crippen molar-refractivity contribution in [2.75, 3.05) is 5.73 Å². The Labute approximate surface area is 111 Å². The van der Waals surface area contributed by atoms with E-state index in [1.165, 1.54) is 11.1 Å². The lowest BCUT2D eigenvalue weighted by molar-refractivity contribution is 0.520. The van der Waals surface area contributed by atoms with Crippen LogP contribution in [0.1, 0.15) is 17.0 Å². The maximum atomic E-state index is 5.67. The van der Waals surface area contributed by atoms with Gasteiger partial charge in [0, 0.05) is 6.42 Å². The normalized spacial score (nSPS) is 11.0. The minimum Gasteiger partial charge on any atom is -0.422 e. The van der Waals surface area contributed by atoms with Crippen molar-refractivity contribution in [3.63, 3.8) is 0 Å². The van der Waals surface area contributed by atoms with Crippen molar-refractivity contribution in [3.05, 3.63) is 53.5 Å². The molecule has 2 aromatic heterocycles. The number of hydrogen-bond acceptors (Lipinski definition) is 4. The molecule has 0 aliphatic heterocycles. The van der Waals surface area contributed by atoms with E-state index in [0.717, 1.165) is 18.4 Å². The van der Waals surface area contributed by atoms with Gasteiger partial charge in [0.2, 0.25) is 5.71 Å². The first-order chi connectivity index (χ1) is 9.20. The molecule has 0 fully saturated rings. The van der Waals surface area contributed by atoms with Gasteiger partial charge >= 0.3 is 0 Å². The monoisotopic (exact) mass is 253 g/mol. The highest BCUT2D eigenvalue weighted by atomic mass is 16.4. The SMILES string of the molecule is Cc1ccc(CCc2nc3cc(N)cnc3o2)cc1. The zero-order valence-electron chi connectivity index (χ0n) is 10.8. The van der Waals surface area contributed by atoms with E-state index in [2.05, 4.69) is 41.2 Å². The van der Waals surface area contributed by atoms with Crippen LogP contribution >= 0.6 is 0 Å². The summed E-state index contributed by atoms with van der Waals surface area (Å²) in [6.45, 7) is 2.08. The number of hydrogen-bond donors (Lipinski definition) is 1. The van der Waals surface area contributed by atoms with Crippen molar-refractivity contribution in [1.82, 2.24) is 9.97 Å². The van der Waals surface area contributed by atoms with E-state index in [1.807, 2.05) is 0 Å². The predicted octanol–water partition coefficient (Wildman–Crippen LogP) is 2.90. The Morgan fingerprint density at radius 3 is 2.74 bits per heavy atom. The second kappa shape index (κ2) is 4.72. The number of rotatable bonds is 3. The fraction of sp³-hybridized carbons (Fsp3) is 0.200. The number of aryl methyl sites for hydroxylation is 3. The molecule has 0 aliphatic rings. The average molecular weight is 253 g/mol. The molecule has 0 aliphatic carbocycles. The number of pyridine rings is 1. The Hall–Kier alpha value is -2.36. The lowest BCUT2D eigenvalue weighted by Crippen LogP contribution is -1.91. The topological polar surface area (TPSA) is 64.9 Å². The van der Waals surface area contributed by atoms with Gasteiger partial charge in [-0.25, -0.2) is 9.97 Å². The zero-order chi connectivity index (χ0) is 13.2. The summed E-state index contributed by atoms with van der Waals surface area (Å²) in [6.07, 6.45) is 3.25. The van der Waals surface area contributed by atoms with Gasteiger partial charge in [0.05, 0.1) is 11.9 Å². The summed E-state index contributed by atoms with van der Waals surface area (Å²) >= 11 is 0. The number of fused-ring (bicyclic) bond motifs is 1. The molecule has 1 aromatic carbocycles. The van der Waals surface area contributed by atoms with Gasteiger partial charge in [-0.05, 0) is 25.0 Å². The van der Waals surface area contributed by atoms with E-state index < -0.39 is 0 Å². The van der Waals surface area contributed by atoms with Crippen LogP contribution in [0.2, 0.25) is 0 Å². The first kappa shape index (κ1) is 11.7. The van der Waals surface area contributed by atoms with E-state index >= 15 is 0 Å². The van der Waals surface area contributed by atoms with Crippen LogP contribution in [0.3, 0.4) is 0 Å². The Morgan fingerprint density at radius 2 is 1.95 bits per heavy atom. The average Bonchev–Trinajstić information content (AvgIpc) is 2.80. The molecule has 4 heteroatoms. The highest BCUT2D eigenvalue weighted by Gasteiger charge is 2.07. The van der Waals surface area contributed by atoms with Crippen LogP contribution in [0.5, 0.6) is 0 Å². The number of benzene rings is 1. The first-order valence-corrected chi connectivity index (χ1v) is 6.27. The summed E-state index contributed by atoms with van der Waals surface area (Å²) in [4.78, 5) is 8.51. The van der Waals surface area contributed by atoms with Gasteiger partial charge in [-0.1, -0.05) is 29.8 Å². The van der Waals surface area contributed by atoms with E-state index in [9.17, 15) is 0 Å². The zero-order valence-corrected chi connectivity index (χ0v) is 10.8. The second-order valence-corrected chi connectivity index (χ2v) is 4.69. The molecule has 0 spiro atoms.